The first-order valence-corrected chi connectivity index (χ1v) is 8.49. The number of nitrogens with zero attached hydrogens (tertiary/aromatic N) is 5. The lowest BCUT2D eigenvalue weighted by Gasteiger charge is -2.35. The first kappa shape index (κ1) is 14.8. The quantitative estimate of drug-likeness (QED) is 0.763. The highest BCUT2D eigenvalue weighted by atomic mass is 32.1. The summed E-state index contributed by atoms with van der Waals surface area (Å²) in [5, 5.41) is 0.521. The molecule has 1 aromatic carbocycles. The zero-order valence-corrected chi connectivity index (χ0v) is 13.7. The molecule has 3 aromatic rings. The first-order chi connectivity index (χ1) is 11.7. The number of thiazole rings is 1. The van der Waals surface area contributed by atoms with E-state index < -0.39 is 0 Å². The van der Waals surface area contributed by atoms with Crippen LogP contribution in [0.15, 0.2) is 36.8 Å². The molecule has 1 fully saturated rings. The zero-order chi connectivity index (χ0) is 16.5. The molecule has 0 bridgehead atoms. The van der Waals surface area contributed by atoms with Crippen LogP contribution in [0.1, 0.15) is 10.4 Å². The number of fused-ring (bicyclic) bond motifs is 1. The molecule has 8 heteroatoms. The molecule has 24 heavy (non-hydrogen) atoms. The number of benzene rings is 1. The van der Waals surface area contributed by atoms with Gasteiger partial charge in [0.25, 0.3) is 5.91 Å². The van der Waals surface area contributed by atoms with E-state index in [-0.39, 0.29) is 5.91 Å². The van der Waals surface area contributed by atoms with E-state index in [0.29, 0.717) is 23.8 Å². The molecule has 0 unspecified atom stereocenters. The Labute approximate surface area is 142 Å². The number of amides is 1. The van der Waals surface area contributed by atoms with Crippen LogP contribution in [-0.4, -0.2) is 51.9 Å². The van der Waals surface area contributed by atoms with Gasteiger partial charge in [-0.2, -0.15) is 0 Å². The molecule has 0 atom stereocenters. The van der Waals surface area contributed by atoms with Crippen molar-refractivity contribution in [1.82, 2.24) is 19.9 Å². The van der Waals surface area contributed by atoms with Gasteiger partial charge in [-0.25, -0.2) is 9.97 Å². The van der Waals surface area contributed by atoms with Gasteiger partial charge in [0.2, 0.25) is 0 Å². The van der Waals surface area contributed by atoms with Gasteiger partial charge < -0.3 is 15.5 Å². The number of carbonyl (C=O) groups is 1. The Morgan fingerprint density at radius 2 is 2.00 bits per heavy atom. The van der Waals surface area contributed by atoms with Gasteiger partial charge in [0.15, 0.2) is 5.13 Å². The Balaban J connectivity index is 1.47. The molecule has 1 amide bonds. The van der Waals surface area contributed by atoms with Crippen molar-refractivity contribution in [3.8, 4) is 0 Å². The monoisotopic (exact) mass is 340 g/mol. The largest absolute Gasteiger partial charge is 0.375 e. The van der Waals surface area contributed by atoms with Crippen LogP contribution in [0.25, 0.3) is 10.2 Å². The van der Waals surface area contributed by atoms with Crippen LogP contribution in [0, 0.1) is 0 Å². The fourth-order valence-electron chi connectivity index (χ4n) is 2.85. The fraction of sp³-hybridized carbons (Fsp3) is 0.250. The molecule has 4 rings (SSSR count). The molecular weight excluding hydrogens is 324 g/mol. The molecule has 2 aromatic heterocycles. The summed E-state index contributed by atoms with van der Waals surface area (Å²) >= 11 is 1.43. The highest BCUT2D eigenvalue weighted by Gasteiger charge is 2.23. The molecular formula is C16H16N6OS. The normalized spacial score (nSPS) is 15.0. The third kappa shape index (κ3) is 2.76. The molecule has 1 aliphatic rings. The second kappa shape index (κ2) is 6.04. The van der Waals surface area contributed by atoms with Crippen molar-refractivity contribution in [3.63, 3.8) is 0 Å². The number of carbonyl (C=O) groups excluding carboxylic acids is 1. The third-order valence-electron chi connectivity index (χ3n) is 4.09. The maximum Gasteiger partial charge on any atom is 0.254 e. The summed E-state index contributed by atoms with van der Waals surface area (Å²) in [6.07, 6.45) is 5.09. The van der Waals surface area contributed by atoms with Crippen molar-refractivity contribution >= 4 is 38.4 Å². The Morgan fingerprint density at radius 3 is 2.75 bits per heavy atom. The Bertz CT molecular complexity index is 873. The number of nitrogen functional groups attached to an aromatic ring is 1. The van der Waals surface area contributed by atoms with Crippen LogP contribution in [-0.2, 0) is 0 Å². The van der Waals surface area contributed by atoms with E-state index in [0.717, 1.165) is 29.1 Å². The molecule has 0 spiro atoms. The second-order valence-corrected chi connectivity index (χ2v) is 6.64. The van der Waals surface area contributed by atoms with E-state index >= 15 is 0 Å². The smallest absolute Gasteiger partial charge is 0.254 e. The van der Waals surface area contributed by atoms with Crippen molar-refractivity contribution in [2.75, 3.05) is 36.8 Å². The minimum Gasteiger partial charge on any atom is -0.375 e. The average molecular weight is 340 g/mol. The fourth-order valence-corrected chi connectivity index (χ4v) is 3.57. The lowest BCUT2D eigenvalue weighted by Crippen LogP contribution is -2.49. The molecule has 0 radical (unpaired) electrons. The van der Waals surface area contributed by atoms with Crippen molar-refractivity contribution in [2.24, 2.45) is 0 Å². The van der Waals surface area contributed by atoms with Gasteiger partial charge in [-0.3, -0.25) is 9.78 Å². The molecule has 0 saturated carbocycles. The van der Waals surface area contributed by atoms with Crippen molar-refractivity contribution in [3.05, 3.63) is 42.4 Å². The SMILES string of the molecule is Nc1nc2cc(C(=O)N3CCN(c4cnccn4)CC3)ccc2s1. The van der Waals surface area contributed by atoms with Crippen molar-refractivity contribution < 1.29 is 4.79 Å². The number of nitrogens with two attached hydrogens (primary N) is 1. The lowest BCUT2D eigenvalue weighted by molar-refractivity contribution is 0.0746. The van der Waals surface area contributed by atoms with Gasteiger partial charge in [0, 0.05) is 44.1 Å². The van der Waals surface area contributed by atoms with Gasteiger partial charge in [-0.05, 0) is 18.2 Å². The highest BCUT2D eigenvalue weighted by Crippen LogP contribution is 2.25. The zero-order valence-electron chi connectivity index (χ0n) is 12.9. The Kier molecular flexibility index (Phi) is 3.73. The third-order valence-corrected chi connectivity index (χ3v) is 4.96. The summed E-state index contributed by atoms with van der Waals surface area (Å²) in [6.45, 7) is 2.81. The lowest BCUT2D eigenvalue weighted by atomic mass is 10.1. The Morgan fingerprint density at radius 1 is 1.17 bits per heavy atom. The van der Waals surface area contributed by atoms with Gasteiger partial charge in [0.05, 0.1) is 16.4 Å². The minimum atomic E-state index is 0.0299. The number of rotatable bonds is 2. The van der Waals surface area contributed by atoms with Gasteiger partial charge in [0.1, 0.15) is 5.82 Å². The average Bonchev–Trinajstić information content (AvgIpc) is 3.01. The van der Waals surface area contributed by atoms with E-state index in [1.165, 1.54) is 11.3 Å². The molecule has 7 nitrogen and oxygen atoms in total. The topological polar surface area (TPSA) is 88.2 Å². The van der Waals surface area contributed by atoms with Crippen LogP contribution in [0.3, 0.4) is 0 Å². The predicted molar refractivity (Wildman–Crippen MR) is 94.2 cm³/mol. The van der Waals surface area contributed by atoms with Gasteiger partial charge in [-0.1, -0.05) is 11.3 Å². The standard InChI is InChI=1S/C16H16N6OS/c17-16-20-12-9-11(1-2-13(12)24-16)15(23)22-7-5-21(6-8-22)14-10-18-3-4-19-14/h1-4,9-10H,5-8H2,(H2,17,20). The van der Waals surface area contributed by atoms with Crippen LogP contribution in [0.5, 0.6) is 0 Å². The Hall–Kier alpha value is -2.74. The summed E-state index contributed by atoms with van der Waals surface area (Å²) in [4.78, 5) is 29.4. The summed E-state index contributed by atoms with van der Waals surface area (Å²) in [6, 6.07) is 5.57. The van der Waals surface area contributed by atoms with Crippen molar-refractivity contribution in [2.45, 2.75) is 0 Å². The summed E-state index contributed by atoms with van der Waals surface area (Å²) in [5.41, 5.74) is 7.16. The van der Waals surface area contributed by atoms with Crippen LogP contribution in [0.4, 0.5) is 10.9 Å². The summed E-state index contributed by atoms with van der Waals surface area (Å²) in [5.74, 6) is 0.881. The highest BCUT2D eigenvalue weighted by molar-refractivity contribution is 7.22. The van der Waals surface area contributed by atoms with E-state index in [2.05, 4.69) is 19.9 Å². The van der Waals surface area contributed by atoms with E-state index in [4.69, 9.17) is 5.73 Å². The molecule has 1 saturated heterocycles. The molecule has 3 heterocycles. The summed E-state index contributed by atoms with van der Waals surface area (Å²) < 4.78 is 0.997. The maximum atomic E-state index is 12.7. The van der Waals surface area contributed by atoms with Gasteiger partial charge >= 0.3 is 0 Å². The maximum absolute atomic E-state index is 12.7. The van der Waals surface area contributed by atoms with Crippen LogP contribution < -0.4 is 10.6 Å². The van der Waals surface area contributed by atoms with E-state index in [9.17, 15) is 4.79 Å². The first-order valence-electron chi connectivity index (χ1n) is 7.67. The number of piperazine rings is 1. The van der Waals surface area contributed by atoms with E-state index in [1.807, 2.05) is 23.1 Å². The van der Waals surface area contributed by atoms with Gasteiger partial charge in [-0.15, -0.1) is 0 Å². The summed E-state index contributed by atoms with van der Waals surface area (Å²) in [7, 11) is 0. The van der Waals surface area contributed by atoms with E-state index in [1.54, 1.807) is 18.6 Å². The predicted octanol–water partition coefficient (Wildman–Crippen LogP) is 1.63. The van der Waals surface area contributed by atoms with Crippen LogP contribution >= 0.6 is 11.3 Å². The minimum absolute atomic E-state index is 0.0299. The molecule has 2 N–H and O–H groups in total. The molecule has 1 aliphatic heterocycles. The second-order valence-electron chi connectivity index (χ2n) is 5.58. The number of aromatic nitrogens is 3. The molecule has 122 valence electrons. The number of hydrogen-bond donors (Lipinski definition) is 1. The number of anilines is 2. The molecule has 0 aliphatic carbocycles. The van der Waals surface area contributed by atoms with Crippen molar-refractivity contribution in [1.29, 1.82) is 0 Å². The number of hydrogen-bond acceptors (Lipinski definition) is 7. The van der Waals surface area contributed by atoms with Crippen LogP contribution in [0.2, 0.25) is 0 Å².